The van der Waals surface area contributed by atoms with Gasteiger partial charge in [0.15, 0.2) is 4.96 Å². The monoisotopic (exact) mass is 418 g/mol. The smallest absolute Gasteiger partial charge is 0.258 e. The Balaban J connectivity index is 1.57. The molecule has 1 fully saturated rings. The van der Waals surface area contributed by atoms with Crippen LogP contribution >= 0.6 is 11.3 Å². The molecule has 1 aromatic carbocycles. The second-order valence-corrected chi connectivity index (χ2v) is 9.72. The van der Waals surface area contributed by atoms with Crippen LogP contribution in [0.1, 0.15) is 30.5 Å². The molecule has 9 heteroatoms. The van der Waals surface area contributed by atoms with Crippen molar-refractivity contribution in [2.75, 3.05) is 18.4 Å². The molecule has 0 spiro atoms. The molecule has 1 N–H and O–H groups in total. The topological polar surface area (TPSA) is 83.8 Å². The first-order chi connectivity index (χ1) is 13.4. The molecule has 1 aliphatic rings. The summed E-state index contributed by atoms with van der Waals surface area (Å²) in [5, 5.41) is 5.02. The number of aromatic nitrogens is 2. The molecular weight excluding hydrogens is 396 g/mol. The third-order valence-corrected chi connectivity index (χ3v) is 7.75. The van der Waals surface area contributed by atoms with Crippen molar-refractivity contribution in [3.05, 3.63) is 57.5 Å². The lowest BCUT2D eigenvalue weighted by molar-refractivity contribution is 0.346. The van der Waals surface area contributed by atoms with Gasteiger partial charge in [-0.15, -0.1) is 11.3 Å². The summed E-state index contributed by atoms with van der Waals surface area (Å²) in [5.74, 6) is 0. The number of rotatable bonds is 5. The summed E-state index contributed by atoms with van der Waals surface area (Å²) < 4.78 is 29.2. The lowest BCUT2D eigenvalue weighted by atomic mass is 10.2. The van der Waals surface area contributed by atoms with Crippen molar-refractivity contribution in [2.45, 2.75) is 37.6 Å². The molecule has 7 nitrogen and oxygen atoms in total. The maximum absolute atomic E-state index is 13.0. The fourth-order valence-corrected chi connectivity index (χ4v) is 5.91. The lowest BCUT2D eigenvalue weighted by Gasteiger charge is -2.26. The second-order valence-electron chi connectivity index (χ2n) is 6.94. The molecule has 3 aromatic rings. The summed E-state index contributed by atoms with van der Waals surface area (Å²) in [4.78, 5) is 17.5. The van der Waals surface area contributed by atoms with E-state index in [1.807, 2.05) is 24.4 Å². The van der Waals surface area contributed by atoms with Crippen molar-refractivity contribution in [1.29, 1.82) is 0 Å². The molecule has 2 aromatic heterocycles. The van der Waals surface area contributed by atoms with Crippen molar-refractivity contribution < 1.29 is 8.42 Å². The normalized spacial score (nSPS) is 15.8. The van der Waals surface area contributed by atoms with Gasteiger partial charge in [-0.05, 0) is 37.5 Å². The highest BCUT2D eigenvalue weighted by molar-refractivity contribution is 7.89. The van der Waals surface area contributed by atoms with Crippen LogP contribution in [0.4, 0.5) is 5.69 Å². The Bertz CT molecular complexity index is 1160. The van der Waals surface area contributed by atoms with Crippen LogP contribution in [0.25, 0.3) is 4.96 Å². The zero-order valence-corrected chi connectivity index (χ0v) is 17.2. The number of piperidine rings is 1. The molecule has 0 amide bonds. The highest BCUT2D eigenvalue weighted by Gasteiger charge is 2.27. The predicted molar refractivity (Wildman–Crippen MR) is 110 cm³/mol. The molecule has 1 aliphatic heterocycles. The van der Waals surface area contributed by atoms with Crippen LogP contribution < -0.4 is 10.9 Å². The number of hydrogen-bond acceptors (Lipinski definition) is 6. The van der Waals surface area contributed by atoms with Crippen molar-refractivity contribution >= 4 is 32.0 Å². The minimum atomic E-state index is -3.50. The maximum atomic E-state index is 13.0. The van der Waals surface area contributed by atoms with E-state index < -0.39 is 10.0 Å². The molecular formula is C19H22N4O3S2. The van der Waals surface area contributed by atoms with Crippen LogP contribution in [0.3, 0.4) is 0 Å². The first kappa shape index (κ1) is 19.1. The van der Waals surface area contributed by atoms with E-state index in [0.29, 0.717) is 40.9 Å². The van der Waals surface area contributed by atoms with Gasteiger partial charge in [0.1, 0.15) is 0 Å². The van der Waals surface area contributed by atoms with Gasteiger partial charge in [0.2, 0.25) is 10.0 Å². The summed E-state index contributed by atoms with van der Waals surface area (Å²) in [6.45, 7) is 3.31. The molecule has 28 heavy (non-hydrogen) atoms. The Hall–Kier alpha value is -2.23. The summed E-state index contributed by atoms with van der Waals surface area (Å²) in [6.07, 6.45) is 4.59. The highest BCUT2D eigenvalue weighted by atomic mass is 32.2. The molecule has 0 radical (unpaired) electrons. The Kier molecular flexibility index (Phi) is 5.22. The molecule has 0 unspecified atom stereocenters. The number of fused-ring (bicyclic) bond motifs is 1. The Labute approximate surface area is 167 Å². The number of aryl methyl sites for hydroxylation is 1. The fraction of sp³-hybridized carbons (Fsp3) is 0.368. The maximum Gasteiger partial charge on any atom is 0.258 e. The summed E-state index contributed by atoms with van der Waals surface area (Å²) in [5.41, 5.74) is 1.91. The van der Waals surface area contributed by atoms with Crippen LogP contribution in [-0.2, 0) is 16.6 Å². The number of sulfonamides is 1. The molecule has 148 valence electrons. The van der Waals surface area contributed by atoms with Gasteiger partial charge in [-0.2, -0.15) is 4.31 Å². The highest BCUT2D eigenvalue weighted by Crippen LogP contribution is 2.26. The van der Waals surface area contributed by atoms with E-state index in [9.17, 15) is 13.2 Å². The van der Waals surface area contributed by atoms with Crippen molar-refractivity contribution in [2.24, 2.45) is 0 Å². The van der Waals surface area contributed by atoms with Crippen LogP contribution in [0.15, 0.2) is 45.5 Å². The summed E-state index contributed by atoms with van der Waals surface area (Å²) in [6, 6.07) is 6.83. The van der Waals surface area contributed by atoms with Crippen molar-refractivity contribution in [3.8, 4) is 0 Å². The largest absolute Gasteiger partial charge is 0.379 e. The number of thiazole rings is 1. The van der Waals surface area contributed by atoms with Gasteiger partial charge in [-0.3, -0.25) is 9.20 Å². The van der Waals surface area contributed by atoms with Gasteiger partial charge in [0.05, 0.1) is 17.1 Å². The molecule has 0 aliphatic carbocycles. The first-order valence-corrected chi connectivity index (χ1v) is 11.6. The van der Waals surface area contributed by atoms with Gasteiger partial charge in [0.25, 0.3) is 5.56 Å². The number of benzene rings is 1. The van der Waals surface area contributed by atoms with E-state index in [4.69, 9.17) is 0 Å². The Morgan fingerprint density at radius 3 is 2.75 bits per heavy atom. The number of hydrogen-bond donors (Lipinski definition) is 1. The third-order valence-electron chi connectivity index (χ3n) is 4.95. The Morgan fingerprint density at radius 2 is 1.96 bits per heavy atom. The summed E-state index contributed by atoms with van der Waals surface area (Å²) >= 11 is 1.40. The van der Waals surface area contributed by atoms with E-state index in [0.717, 1.165) is 24.8 Å². The molecule has 1 saturated heterocycles. The molecule has 0 saturated carbocycles. The number of nitrogens with zero attached hydrogens (tertiary/aromatic N) is 3. The van der Waals surface area contributed by atoms with Gasteiger partial charge in [0, 0.05) is 36.4 Å². The number of anilines is 1. The quantitative estimate of drug-likeness (QED) is 0.689. The van der Waals surface area contributed by atoms with E-state index in [2.05, 4.69) is 10.3 Å². The van der Waals surface area contributed by atoms with Crippen LogP contribution in [0.5, 0.6) is 0 Å². The second kappa shape index (κ2) is 7.65. The molecule has 4 rings (SSSR count). The minimum Gasteiger partial charge on any atom is -0.379 e. The average Bonchev–Trinajstić information content (AvgIpc) is 3.17. The van der Waals surface area contributed by atoms with Crippen LogP contribution in [0, 0.1) is 6.92 Å². The summed E-state index contributed by atoms with van der Waals surface area (Å²) in [7, 11) is -3.50. The standard InChI is InChI=1S/C19H22N4O3S2/c1-14-5-6-15(11-17(14)28(25,26)22-7-3-2-4-8-22)20-13-16-12-18(24)23-9-10-27-19(23)21-16/h5-6,9-12,20H,2-4,7-8,13H2,1H3. The minimum absolute atomic E-state index is 0.125. The average molecular weight is 419 g/mol. The van der Waals surface area contributed by atoms with Gasteiger partial charge in [-0.1, -0.05) is 12.5 Å². The molecule has 0 bridgehead atoms. The SMILES string of the molecule is Cc1ccc(NCc2cc(=O)n3ccsc3n2)cc1S(=O)(=O)N1CCCCC1. The van der Waals surface area contributed by atoms with E-state index in [-0.39, 0.29) is 5.56 Å². The van der Waals surface area contributed by atoms with E-state index in [1.165, 1.54) is 21.8 Å². The van der Waals surface area contributed by atoms with E-state index >= 15 is 0 Å². The van der Waals surface area contributed by atoms with Crippen molar-refractivity contribution in [1.82, 2.24) is 13.7 Å². The van der Waals surface area contributed by atoms with Gasteiger partial charge < -0.3 is 5.32 Å². The van der Waals surface area contributed by atoms with Crippen LogP contribution in [0.2, 0.25) is 0 Å². The third kappa shape index (κ3) is 3.69. The van der Waals surface area contributed by atoms with E-state index in [1.54, 1.807) is 16.6 Å². The zero-order valence-electron chi connectivity index (χ0n) is 15.6. The lowest BCUT2D eigenvalue weighted by Crippen LogP contribution is -2.36. The van der Waals surface area contributed by atoms with Crippen LogP contribution in [-0.4, -0.2) is 35.2 Å². The predicted octanol–water partition coefficient (Wildman–Crippen LogP) is 2.85. The number of nitrogens with one attached hydrogen (secondary N) is 1. The zero-order chi connectivity index (χ0) is 19.7. The fourth-order valence-electron chi connectivity index (χ4n) is 3.40. The Morgan fingerprint density at radius 1 is 1.18 bits per heavy atom. The van der Waals surface area contributed by atoms with Crippen molar-refractivity contribution in [3.63, 3.8) is 0 Å². The van der Waals surface area contributed by atoms with Gasteiger partial charge in [-0.25, -0.2) is 13.4 Å². The molecule has 0 atom stereocenters. The first-order valence-electron chi connectivity index (χ1n) is 9.25. The molecule has 3 heterocycles. The van der Waals surface area contributed by atoms with Gasteiger partial charge >= 0.3 is 0 Å².